The van der Waals surface area contributed by atoms with E-state index >= 15 is 0 Å². The van der Waals surface area contributed by atoms with Gasteiger partial charge in [0.2, 0.25) is 0 Å². The van der Waals surface area contributed by atoms with E-state index in [2.05, 4.69) is 51.4 Å². The molecule has 0 aliphatic carbocycles. The Hall–Kier alpha value is -3.07. The highest BCUT2D eigenvalue weighted by Gasteiger charge is 2.27. The van der Waals surface area contributed by atoms with Crippen molar-refractivity contribution in [3.8, 4) is 11.5 Å². The zero-order valence-corrected chi connectivity index (χ0v) is 24.7. The van der Waals surface area contributed by atoms with E-state index in [0.717, 1.165) is 118 Å². The van der Waals surface area contributed by atoms with Crippen molar-refractivity contribution in [2.75, 3.05) is 86.7 Å². The first-order valence-corrected chi connectivity index (χ1v) is 14.7. The number of piperazine rings is 2. The van der Waals surface area contributed by atoms with E-state index in [1.807, 2.05) is 29.2 Å². The minimum atomic E-state index is 0.142. The van der Waals surface area contributed by atoms with Crippen molar-refractivity contribution < 1.29 is 14.3 Å². The molecule has 2 saturated heterocycles. The van der Waals surface area contributed by atoms with Crippen LogP contribution in [-0.4, -0.2) is 117 Å². The number of aromatic nitrogens is 1. The number of fused-ring (bicyclic) bond motifs is 1. The maximum atomic E-state index is 14.0. The van der Waals surface area contributed by atoms with Crippen LogP contribution in [0.3, 0.4) is 0 Å². The lowest BCUT2D eigenvalue weighted by Crippen LogP contribution is -2.49. The summed E-state index contributed by atoms with van der Waals surface area (Å²) in [4.78, 5) is 23.4. The Labute approximate surface area is 239 Å². The second-order valence-electron chi connectivity index (χ2n) is 11.2. The van der Waals surface area contributed by atoms with Crippen molar-refractivity contribution in [2.24, 2.45) is 0 Å². The van der Waals surface area contributed by atoms with Gasteiger partial charge in [-0.05, 0) is 69.3 Å². The number of amides is 1. The quantitative estimate of drug-likeness (QED) is 0.387. The third kappa shape index (κ3) is 6.45. The van der Waals surface area contributed by atoms with Gasteiger partial charge < -0.3 is 28.7 Å². The van der Waals surface area contributed by atoms with Crippen LogP contribution in [0, 0.1) is 6.92 Å². The molecule has 1 aromatic heterocycles. The number of ether oxygens (including phenoxy) is 2. The molecule has 2 fully saturated rings. The van der Waals surface area contributed by atoms with E-state index in [4.69, 9.17) is 9.47 Å². The molecule has 0 spiro atoms. The van der Waals surface area contributed by atoms with Gasteiger partial charge in [0.1, 0.15) is 11.5 Å². The van der Waals surface area contributed by atoms with Crippen molar-refractivity contribution in [3.63, 3.8) is 0 Å². The summed E-state index contributed by atoms with van der Waals surface area (Å²) in [5.41, 5.74) is 4.33. The van der Waals surface area contributed by atoms with E-state index in [1.54, 1.807) is 14.2 Å². The SMILES string of the molecule is COc1ccc(CCN2CCN(C(=O)c3c(C)n(CCCN4CCN(C)CC4)c4ccc(OC)cc34)CC2)cc1. The summed E-state index contributed by atoms with van der Waals surface area (Å²) in [7, 11) is 5.58. The van der Waals surface area contributed by atoms with Crippen LogP contribution >= 0.6 is 0 Å². The fourth-order valence-electron chi connectivity index (χ4n) is 6.08. The monoisotopic (exact) mass is 547 g/mol. The normalized spacial score (nSPS) is 17.4. The van der Waals surface area contributed by atoms with Gasteiger partial charge in [-0.15, -0.1) is 0 Å². The number of methoxy groups -OCH3 is 2. The lowest BCUT2D eigenvalue weighted by atomic mass is 10.1. The van der Waals surface area contributed by atoms with Crippen LogP contribution in [-0.2, 0) is 13.0 Å². The Morgan fingerprint density at radius 3 is 2.08 bits per heavy atom. The van der Waals surface area contributed by atoms with E-state index < -0.39 is 0 Å². The highest BCUT2D eigenvalue weighted by molar-refractivity contribution is 6.08. The molecule has 0 N–H and O–H groups in total. The molecule has 0 atom stereocenters. The summed E-state index contributed by atoms with van der Waals surface area (Å²) in [6.07, 6.45) is 2.07. The average Bonchev–Trinajstić information content (AvgIpc) is 3.27. The molecule has 0 radical (unpaired) electrons. The molecule has 2 aliphatic rings. The van der Waals surface area contributed by atoms with Crippen LogP contribution in [0.2, 0.25) is 0 Å². The molecule has 3 heterocycles. The van der Waals surface area contributed by atoms with Crippen LogP contribution in [0.15, 0.2) is 42.5 Å². The van der Waals surface area contributed by atoms with Gasteiger partial charge in [-0.1, -0.05) is 12.1 Å². The number of hydrogen-bond acceptors (Lipinski definition) is 6. The molecule has 216 valence electrons. The molecule has 0 unspecified atom stereocenters. The van der Waals surface area contributed by atoms with Crippen LogP contribution in [0.1, 0.15) is 28.0 Å². The Bertz CT molecular complexity index is 1270. The fourth-order valence-corrected chi connectivity index (χ4v) is 6.08. The molecular formula is C32H45N5O3. The number of likely N-dealkylation sites (N-methyl/N-ethyl adjacent to an activating group) is 1. The zero-order valence-electron chi connectivity index (χ0n) is 24.7. The summed E-state index contributed by atoms with van der Waals surface area (Å²) >= 11 is 0. The van der Waals surface area contributed by atoms with Gasteiger partial charge in [-0.3, -0.25) is 9.69 Å². The number of aryl methyl sites for hydroxylation is 1. The maximum Gasteiger partial charge on any atom is 0.256 e. The molecule has 8 heteroatoms. The standard InChI is InChI=1S/C32H45N5O3/c1-25-31(32(38)36-22-20-35(21-23-36)15-12-26-6-8-27(39-3)9-7-26)29-24-28(40-4)10-11-30(29)37(25)14-5-13-34-18-16-33(2)17-19-34/h6-11,24H,5,12-23H2,1-4H3. The predicted octanol–water partition coefficient (Wildman–Crippen LogP) is 3.60. The summed E-state index contributed by atoms with van der Waals surface area (Å²) in [5, 5.41) is 1.00. The lowest BCUT2D eigenvalue weighted by molar-refractivity contribution is 0.0639. The minimum Gasteiger partial charge on any atom is -0.497 e. The second-order valence-corrected chi connectivity index (χ2v) is 11.2. The van der Waals surface area contributed by atoms with Crippen molar-refractivity contribution in [2.45, 2.75) is 26.3 Å². The first-order chi connectivity index (χ1) is 19.5. The Morgan fingerprint density at radius 1 is 0.775 bits per heavy atom. The fraction of sp³-hybridized carbons (Fsp3) is 0.531. The number of hydrogen-bond donors (Lipinski definition) is 0. The lowest BCUT2D eigenvalue weighted by Gasteiger charge is -2.35. The highest BCUT2D eigenvalue weighted by Crippen LogP contribution is 2.31. The van der Waals surface area contributed by atoms with Crippen molar-refractivity contribution in [1.29, 1.82) is 0 Å². The van der Waals surface area contributed by atoms with Gasteiger partial charge in [0.05, 0.1) is 19.8 Å². The molecule has 40 heavy (non-hydrogen) atoms. The van der Waals surface area contributed by atoms with E-state index in [0.29, 0.717) is 0 Å². The smallest absolute Gasteiger partial charge is 0.256 e. The van der Waals surface area contributed by atoms with Gasteiger partial charge in [-0.2, -0.15) is 0 Å². The van der Waals surface area contributed by atoms with E-state index in [-0.39, 0.29) is 5.91 Å². The van der Waals surface area contributed by atoms with Crippen LogP contribution in [0.4, 0.5) is 0 Å². The second kappa shape index (κ2) is 13.1. The number of nitrogens with zero attached hydrogens (tertiary/aromatic N) is 5. The molecule has 5 rings (SSSR count). The average molecular weight is 548 g/mol. The predicted molar refractivity (Wildman–Crippen MR) is 161 cm³/mol. The molecule has 3 aromatic rings. The van der Waals surface area contributed by atoms with Gasteiger partial charge in [-0.25, -0.2) is 0 Å². The Balaban J connectivity index is 1.24. The summed E-state index contributed by atoms with van der Waals surface area (Å²) in [6.45, 7) is 12.9. The van der Waals surface area contributed by atoms with Crippen molar-refractivity contribution in [3.05, 3.63) is 59.3 Å². The summed E-state index contributed by atoms with van der Waals surface area (Å²) < 4.78 is 13.2. The summed E-state index contributed by atoms with van der Waals surface area (Å²) in [6, 6.07) is 14.5. The number of carbonyl (C=O) groups excluding carboxylic acids is 1. The number of carbonyl (C=O) groups is 1. The first kappa shape index (κ1) is 28.5. The molecule has 2 aromatic carbocycles. The number of rotatable bonds is 10. The molecule has 0 saturated carbocycles. The number of benzene rings is 2. The topological polar surface area (TPSA) is 53.4 Å². The molecule has 8 nitrogen and oxygen atoms in total. The maximum absolute atomic E-state index is 14.0. The third-order valence-corrected chi connectivity index (χ3v) is 8.73. The third-order valence-electron chi connectivity index (χ3n) is 8.73. The van der Waals surface area contributed by atoms with Gasteiger partial charge >= 0.3 is 0 Å². The van der Waals surface area contributed by atoms with E-state index in [9.17, 15) is 4.79 Å². The molecule has 2 aliphatic heterocycles. The van der Waals surface area contributed by atoms with Crippen LogP contribution < -0.4 is 9.47 Å². The molecule has 0 bridgehead atoms. The van der Waals surface area contributed by atoms with Crippen LogP contribution in [0.25, 0.3) is 10.9 Å². The van der Waals surface area contributed by atoms with Crippen LogP contribution in [0.5, 0.6) is 11.5 Å². The van der Waals surface area contributed by atoms with E-state index in [1.165, 1.54) is 5.56 Å². The highest BCUT2D eigenvalue weighted by atomic mass is 16.5. The largest absolute Gasteiger partial charge is 0.497 e. The summed E-state index contributed by atoms with van der Waals surface area (Å²) in [5.74, 6) is 1.82. The van der Waals surface area contributed by atoms with Crippen molar-refractivity contribution >= 4 is 16.8 Å². The zero-order chi connectivity index (χ0) is 28.1. The van der Waals surface area contributed by atoms with Gasteiger partial charge in [0, 0.05) is 82.0 Å². The van der Waals surface area contributed by atoms with Gasteiger partial charge in [0.15, 0.2) is 0 Å². The Kier molecular flexibility index (Phi) is 9.29. The minimum absolute atomic E-state index is 0.142. The van der Waals surface area contributed by atoms with Gasteiger partial charge in [0.25, 0.3) is 5.91 Å². The van der Waals surface area contributed by atoms with Crippen molar-refractivity contribution in [1.82, 2.24) is 24.2 Å². The Morgan fingerprint density at radius 2 is 1.40 bits per heavy atom. The molecule has 1 amide bonds. The first-order valence-electron chi connectivity index (χ1n) is 14.7. The molecular weight excluding hydrogens is 502 g/mol.